The predicted molar refractivity (Wildman–Crippen MR) is 99.7 cm³/mol. The standard InChI is InChI=1S/C19H16N4O2S/c24-18(20-11-15-7-4-10-25-15)13-26-19-9-8-17-21-16(12-23(17)22-19)14-5-2-1-3-6-14/h1-10,12H,11,13H2,(H,20,24). The van der Waals surface area contributed by atoms with Gasteiger partial charge in [0.15, 0.2) is 5.65 Å². The van der Waals surface area contributed by atoms with E-state index < -0.39 is 0 Å². The maximum Gasteiger partial charge on any atom is 0.230 e. The van der Waals surface area contributed by atoms with Crippen LogP contribution in [0.1, 0.15) is 5.76 Å². The molecule has 0 saturated heterocycles. The van der Waals surface area contributed by atoms with Crippen LogP contribution in [0.3, 0.4) is 0 Å². The maximum absolute atomic E-state index is 11.9. The topological polar surface area (TPSA) is 72.4 Å². The Morgan fingerprint density at radius 1 is 1.12 bits per heavy atom. The van der Waals surface area contributed by atoms with Crippen LogP contribution < -0.4 is 5.32 Å². The van der Waals surface area contributed by atoms with Gasteiger partial charge < -0.3 is 9.73 Å². The van der Waals surface area contributed by atoms with Crippen molar-refractivity contribution in [1.82, 2.24) is 19.9 Å². The fraction of sp³-hybridized carbons (Fsp3) is 0.105. The molecular weight excluding hydrogens is 348 g/mol. The van der Waals surface area contributed by atoms with E-state index in [1.807, 2.05) is 54.7 Å². The summed E-state index contributed by atoms with van der Waals surface area (Å²) in [6, 6.07) is 17.4. The molecule has 0 bridgehead atoms. The Hall–Kier alpha value is -3.06. The van der Waals surface area contributed by atoms with E-state index in [1.54, 1.807) is 16.8 Å². The number of nitrogens with one attached hydrogen (secondary N) is 1. The van der Waals surface area contributed by atoms with E-state index in [4.69, 9.17) is 4.42 Å². The molecule has 1 amide bonds. The summed E-state index contributed by atoms with van der Waals surface area (Å²) in [6.45, 7) is 0.390. The highest BCUT2D eigenvalue weighted by molar-refractivity contribution is 7.99. The Morgan fingerprint density at radius 3 is 2.81 bits per heavy atom. The van der Waals surface area contributed by atoms with Crippen molar-refractivity contribution in [3.05, 3.63) is 72.8 Å². The summed E-state index contributed by atoms with van der Waals surface area (Å²) < 4.78 is 6.93. The van der Waals surface area contributed by atoms with Crippen LogP contribution >= 0.6 is 11.8 Å². The number of hydrogen-bond donors (Lipinski definition) is 1. The summed E-state index contributed by atoms with van der Waals surface area (Å²) in [5, 5.41) is 8.11. The molecule has 7 heteroatoms. The molecule has 3 heterocycles. The van der Waals surface area contributed by atoms with Crippen LogP contribution in [-0.2, 0) is 11.3 Å². The molecule has 0 aliphatic carbocycles. The summed E-state index contributed by atoms with van der Waals surface area (Å²) in [7, 11) is 0. The number of amides is 1. The first-order valence-corrected chi connectivity index (χ1v) is 9.10. The Labute approximate surface area is 154 Å². The summed E-state index contributed by atoms with van der Waals surface area (Å²) in [6.07, 6.45) is 3.48. The van der Waals surface area contributed by atoms with Crippen molar-refractivity contribution in [2.75, 3.05) is 5.75 Å². The molecule has 0 atom stereocenters. The fourth-order valence-corrected chi connectivity index (χ4v) is 3.17. The summed E-state index contributed by atoms with van der Waals surface area (Å²) in [4.78, 5) is 16.5. The number of furan rings is 1. The molecular formula is C19H16N4O2S. The van der Waals surface area contributed by atoms with Gasteiger partial charge in [0.25, 0.3) is 0 Å². The third-order valence-corrected chi connectivity index (χ3v) is 4.68. The normalized spacial score (nSPS) is 10.9. The molecule has 130 valence electrons. The molecule has 0 spiro atoms. The Morgan fingerprint density at radius 2 is 2.00 bits per heavy atom. The molecule has 0 fully saturated rings. The number of rotatable bonds is 6. The van der Waals surface area contributed by atoms with Crippen LogP contribution in [0.25, 0.3) is 16.9 Å². The number of thioether (sulfide) groups is 1. The van der Waals surface area contributed by atoms with Crippen molar-refractivity contribution in [2.24, 2.45) is 0 Å². The molecule has 26 heavy (non-hydrogen) atoms. The van der Waals surface area contributed by atoms with Gasteiger partial charge >= 0.3 is 0 Å². The number of aromatic nitrogens is 3. The van der Waals surface area contributed by atoms with E-state index in [0.717, 1.165) is 27.7 Å². The average molecular weight is 364 g/mol. The molecule has 1 N–H and O–H groups in total. The molecule has 4 rings (SSSR count). The lowest BCUT2D eigenvalue weighted by Gasteiger charge is -2.03. The number of fused-ring (bicyclic) bond motifs is 1. The quantitative estimate of drug-likeness (QED) is 0.531. The van der Waals surface area contributed by atoms with Gasteiger partial charge in [-0.1, -0.05) is 42.1 Å². The maximum atomic E-state index is 11.9. The molecule has 0 saturated carbocycles. The smallest absolute Gasteiger partial charge is 0.230 e. The molecule has 0 radical (unpaired) electrons. The van der Waals surface area contributed by atoms with Gasteiger partial charge in [0.1, 0.15) is 10.8 Å². The molecule has 0 aliphatic heterocycles. The van der Waals surface area contributed by atoms with E-state index in [1.165, 1.54) is 11.8 Å². The number of carbonyl (C=O) groups is 1. The Balaban J connectivity index is 1.40. The van der Waals surface area contributed by atoms with E-state index in [0.29, 0.717) is 12.3 Å². The zero-order valence-corrected chi connectivity index (χ0v) is 14.6. The van der Waals surface area contributed by atoms with Gasteiger partial charge in [-0.15, -0.1) is 0 Å². The van der Waals surface area contributed by atoms with Crippen LogP contribution in [0, 0.1) is 0 Å². The Kier molecular flexibility index (Phi) is 4.70. The van der Waals surface area contributed by atoms with Crippen LogP contribution in [0.5, 0.6) is 0 Å². The number of hydrogen-bond acceptors (Lipinski definition) is 5. The Bertz CT molecular complexity index is 1010. The average Bonchev–Trinajstić information content (AvgIpc) is 3.34. The molecule has 0 unspecified atom stereocenters. The first-order chi connectivity index (χ1) is 12.8. The zero-order chi connectivity index (χ0) is 17.8. The third-order valence-electron chi connectivity index (χ3n) is 3.76. The van der Waals surface area contributed by atoms with Gasteiger partial charge in [-0.3, -0.25) is 4.79 Å². The summed E-state index contributed by atoms with van der Waals surface area (Å²) >= 11 is 1.38. The predicted octanol–water partition coefficient (Wildman–Crippen LogP) is 3.40. The summed E-state index contributed by atoms with van der Waals surface area (Å²) in [5.41, 5.74) is 2.69. The summed E-state index contributed by atoms with van der Waals surface area (Å²) in [5.74, 6) is 0.957. The van der Waals surface area contributed by atoms with E-state index >= 15 is 0 Å². The van der Waals surface area contributed by atoms with Gasteiger partial charge in [0.2, 0.25) is 5.91 Å². The molecule has 0 aliphatic rings. The highest BCUT2D eigenvalue weighted by Crippen LogP contribution is 2.20. The molecule has 3 aromatic heterocycles. The van der Waals surface area contributed by atoms with E-state index in [-0.39, 0.29) is 5.91 Å². The highest BCUT2D eigenvalue weighted by atomic mass is 32.2. The van der Waals surface area contributed by atoms with Crippen molar-refractivity contribution in [2.45, 2.75) is 11.6 Å². The van der Waals surface area contributed by atoms with Crippen LogP contribution in [0.15, 0.2) is 76.5 Å². The lowest BCUT2D eigenvalue weighted by molar-refractivity contribution is -0.118. The van der Waals surface area contributed by atoms with Crippen LogP contribution in [-0.4, -0.2) is 26.3 Å². The van der Waals surface area contributed by atoms with Crippen molar-refractivity contribution in [3.63, 3.8) is 0 Å². The number of imidazole rings is 1. The first kappa shape index (κ1) is 16.4. The van der Waals surface area contributed by atoms with Crippen molar-refractivity contribution in [1.29, 1.82) is 0 Å². The number of carbonyl (C=O) groups excluding carboxylic acids is 1. The second kappa shape index (κ2) is 7.45. The van der Waals surface area contributed by atoms with Gasteiger partial charge in [0, 0.05) is 5.56 Å². The highest BCUT2D eigenvalue weighted by Gasteiger charge is 2.08. The van der Waals surface area contributed by atoms with Gasteiger partial charge in [-0.25, -0.2) is 9.50 Å². The van der Waals surface area contributed by atoms with Crippen molar-refractivity contribution < 1.29 is 9.21 Å². The van der Waals surface area contributed by atoms with Crippen molar-refractivity contribution in [3.8, 4) is 11.3 Å². The largest absolute Gasteiger partial charge is 0.467 e. The number of benzene rings is 1. The van der Waals surface area contributed by atoms with Crippen LogP contribution in [0.4, 0.5) is 0 Å². The zero-order valence-electron chi connectivity index (χ0n) is 13.8. The second-order valence-electron chi connectivity index (χ2n) is 5.61. The minimum Gasteiger partial charge on any atom is -0.467 e. The van der Waals surface area contributed by atoms with E-state index in [9.17, 15) is 4.79 Å². The monoisotopic (exact) mass is 364 g/mol. The molecule has 6 nitrogen and oxygen atoms in total. The first-order valence-electron chi connectivity index (χ1n) is 8.12. The van der Waals surface area contributed by atoms with E-state index in [2.05, 4.69) is 15.4 Å². The fourth-order valence-electron chi connectivity index (χ4n) is 2.48. The second-order valence-corrected chi connectivity index (χ2v) is 6.61. The molecule has 1 aromatic carbocycles. The minimum atomic E-state index is -0.0658. The minimum absolute atomic E-state index is 0.0658. The number of nitrogens with zero attached hydrogens (tertiary/aromatic N) is 3. The van der Waals surface area contributed by atoms with Crippen LogP contribution in [0.2, 0.25) is 0 Å². The van der Waals surface area contributed by atoms with Gasteiger partial charge in [-0.2, -0.15) is 5.10 Å². The lowest BCUT2D eigenvalue weighted by Crippen LogP contribution is -2.24. The third kappa shape index (κ3) is 3.78. The van der Waals surface area contributed by atoms with Gasteiger partial charge in [0.05, 0.1) is 30.5 Å². The lowest BCUT2D eigenvalue weighted by atomic mass is 10.2. The molecule has 4 aromatic rings. The SMILES string of the molecule is O=C(CSc1ccc2nc(-c3ccccc3)cn2n1)NCc1ccco1. The van der Waals surface area contributed by atoms with Gasteiger partial charge in [-0.05, 0) is 24.3 Å². The van der Waals surface area contributed by atoms with Crippen molar-refractivity contribution >= 4 is 23.3 Å².